The Morgan fingerprint density at radius 2 is 1.95 bits per heavy atom. The molecular formula is C16H10ClNO2. The van der Waals surface area contributed by atoms with E-state index in [0.29, 0.717) is 16.2 Å². The fraction of sp³-hybridized carbons (Fsp3) is 0.0625. The van der Waals surface area contributed by atoms with Gasteiger partial charge in [0.25, 0.3) is 0 Å². The van der Waals surface area contributed by atoms with Crippen molar-refractivity contribution >= 4 is 22.6 Å². The summed E-state index contributed by atoms with van der Waals surface area (Å²) < 4.78 is 5.36. The summed E-state index contributed by atoms with van der Waals surface area (Å²) >= 11 is 6.28. The molecule has 1 aromatic heterocycles. The van der Waals surface area contributed by atoms with Crippen LogP contribution in [0.15, 0.2) is 47.1 Å². The Balaban J connectivity index is 2.18. The number of aliphatic hydroxyl groups excluding tert-OH is 1. The van der Waals surface area contributed by atoms with Gasteiger partial charge in [0.05, 0.1) is 29.5 Å². The molecule has 0 aliphatic heterocycles. The second-order valence-electron chi connectivity index (χ2n) is 4.44. The van der Waals surface area contributed by atoms with Crippen LogP contribution in [0.25, 0.3) is 22.1 Å². The van der Waals surface area contributed by atoms with Crippen molar-refractivity contribution in [1.29, 1.82) is 5.26 Å². The minimum atomic E-state index is -0.0819. The van der Waals surface area contributed by atoms with Gasteiger partial charge in [-0.15, -0.1) is 0 Å². The van der Waals surface area contributed by atoms with Crippen LogP contribution in [0.2, 0.25) is 5.02 Å². The van der Waals surface area contributed by atoms with Crippen LogP contribution in [0.5, 0.6) is 0 Å². The SMILES string of the molecule is N#Cc1ccc(-c2cc3c(CO)coc3cc2Cl)cc1. The monoisotopic (exact) mass is 283 g/mol. The van der Waals surface area contributed by atoms with Gasteiger partial charge in [-0.05, 0) is 23.8 Å². The first kappa shape index (κ1) is 12.7. The molecule has 4 heteroatoms. The molecule has 1 N–H and O–H groups in total. The molecule has 0 bridgehead atoms. The number of rotatable bonds is 2. The number of furan rings is 1. The molecule has 1 heterocycles. The van der Waals surface area contributed by atoms with Gasteiger partial charge in [0.15, 0.2) is 0 Å². The highest BCUT2D eigenvalue weighted by molar-refractivity contribution is 6.34. The maximum Gasteiger partial charge on any atom is 0.135 e. The number of hydrogen-bond donors (Lipinski definition) is 1. The van der Waals surface area contributed by atoms with Gasteiger partial charge in [-0.1, -0.05) is 23.7 Å². The van der Waals surface area contributed by atoms with Crippen molar-refractivity contribution in [3.63, 3.8) is 0 Å². The van der Waals surface area contributed by atoms with Crippen LogP contribution in [0.1, 0.15) is 11.1 Å². The molecule has 0 radical (unpaired) electrons. The molecule has 3 nitrogen and oxygen atoms in total. The molecule has 0 aliphatic rings. The molecule has 0 saturated carbocycles. The average Bonchev–Trinajstić information content (AvgIpc) is 2.88. The normalized spacial score (nSPS) is 10.7. The van der Waals surface area contributed by atoms with Crippen molar-refractivity contribution in [3.05, 3.63) is 58.8 Å². The quantitative estimate of drug-likeness (QED) is 0.770. The zero-order valence-corrected chi connectivity index (χ0v) is 11.2. The van der Waals surface area contributed by atoms with E-state index in [0.717, 1.165) is 22.1 Å². The maximum atomic E-state index is 9.29. The van der Waals surface area contributed by atoms with E-state index < -0.39 is 0 Å². The van der Waals surface area contributed by atoms with Crippen molar-refractivity contribution in [2.24, 2.45) is 0 Å². The third-order valence-electron chi connectivity index (χ3n) is 3.24. The van der Waals surface area contributed by atoms with Gasteiger partial charge in [-0.3, -0.25) is 0 Å². The number of fused-ring (bicyclic) bond motifs is 1. The molecule has 0 atom stereocenters. The largest absolute Gasteiger partial charge is 0.464 e. The first-order chi connectivity index (χ1) is 9.72. The fourth-order valence-electron chi connectivity index (χ4n) is 2.17. The highest BCUT2D eigenvalue weighted by Crippen LogP contribution is 2.34. The highest BCUT2D eigenvalue weighted by atomic mass is 35.5. The second kappa shape index (κ2) is 5.01. The molecule has 2 aromatic carbocycles. The topological polar surface area (TPSA) is 57.2 Å². The van der Waals surface area contributed by atoms with Crippen molar-refractivity contribution in [2.45, 2.75) is 6.61 Å². The number of nitriles is 1. The molecule has 0 aliphatic carbocycles. The van der Waals surface area contributed by atoms with Gasteiger partial charge >= 0.3 is 0 Å². The van der Waals surface area contributed by atoms with E-state index in [1.54, 1.807) is 18.2 Å². The van der Waals surface area contributed by atoms with Gasteiger partial charge in [0.1, 0.15) is 5.58 Å². The summed E-state index contributed by atoms with van der Waals surface area (Å²) in [4.78, 5) is 0. The van der Waals surface area contributed by atoms with Crippen LogP contribution in [0.3, 0.4) is 0 Å². The minimum absolute atomic E-state index is 0.0819. The number of aliphatic hydroxyl groups is 1. The highest BCUT2D eigenvalue weighted by Gasteiger charge is 2.11. The van der Waals surface area contributed by atoms with E-state index in [4.69, 9.17) is 21.3 Å². The molecule has 3 rings (SSSR count). The summed E-state index contributed by atoms with van der Waals surface area (Å²) in [7, 11) is 0. The lowest BCUT2D eigenvalue weighted by Crippen LogP contribution is -1.84. The van der Waals surface area contributed by atoms with Gasteiger partial charge in [-0.2, -0.15) is 5.26 Å². The van der Waals surface area contributed by atoms with Crippen molar-refractivity contribution < 1.29 is 9.52 Å². The lowest BCUT2D eigenvalue weighted by Gasteiger charge is -2.05. The lowest BCUT2D eigenvalue weighted by molar-refractivity contribution is 0.282. The Hall–Kier alpha value is -2.28. The molecule has 0 fully saturated rings. The predicted octanol–water partition coefficient (Wildman–Crippen LogP) is 4.12. The smallest absolute Gasteiger partial charge is 0.135 e. The Bertz CT molecular complexity index is 813. The Labute approximate surface area is 120 Å². The van der Waals surface area contributed by atoms with Gasteiger partial charge in [-0.25, -0.2) is 0 Å². The molecule has 0 spiro atoms. The van der Waals surface area contributed by atoms with Crippen LogP contribution < -0.4 is 0 Å². The van der Waals surface area contributed by atoms with Crippen LogP contribution in [0, 0.1) is 11.3 Å². The Morgan fingerprint density at radius 3 is 2.60 bits per heavy atom. The molecule has 98 valence electrons. The molecular weight excluding hydrogens is 274 g/mol. The Kier molecular flexibility index (Phi) is 3.19. The third-order valence-corrected chi connectivity index (χ3v) is 3.55. The number of benzene rings is 2. The minimum Gasteiger partial charge on any atom is -0.464 e. The van der Waals surface area contributed by atoms with E-state index in [1.165, 1.54) is 6.26 Å². The summed E-state index contributed by atoms with van der Waals surface area (Å²) in [6, 6.07) is 12.9. The summed E-state index contributed by atoms with van der Waals surface area (Å²) in [5.41, 5.74) is 3.74. The van der Waals surface area contributed by atoms with E-state index in [-0.39, 0.29) is 6.61 Å². The van der Waals surface area contributed by atoms with E-state index in [2.05, 4.69) is 6.07 Å². The molecule has 0 unspecified atom stereocenters. The van der Waals surface area contributed by atoms with Gasteiger partial charge in [0, 0.05) is 22.6 Å². The summed E-state index contributed by atoms with van der Waals surface area (Å²) in [5, 5.41) is 19.5. The van der Waals surface area contributed by atoms with E-state index in [1.807, 2.05) is 18.2 Å². The standard InChI is InChI=1S/C16H10ClNO2/c17-15-6-16-14(12(8-19)9-20-16)5-13(15)11-3-1-10(7-18)2-4-11/h1-6,9,19H,8H2. The molecule has 0 amide bonds. The van der Waals surface area contributed by atoms with E-state index in [9.17, 15) is 5.11 Å². The second-order valence-corrected chi connectivity index (χ2v) is 4.84. The number of halogens is 1. The van der Waals surface area contributed by atoms with Gasteiger partial charge in [0.2, 0.25) is 0 Å². The van der Waals surface area contributed by atoms with Crippen LogP contribution in [-0.4, -0.2) is 5.11 Å². The maximum absolute atomic E-state index is 9.29. The molecule has 20 heavy (non-hydrogen) atoms. The molecule has 3 aromatic rings. The third kappa shape index (κ3) is 2.05. The van der Waals surface area contributed by atoms with Crippen LogP contribution in [-0.2, 0) is 6.61 Å². The lowest BCUT2D eigenvalue weighted by atomic mass is 10.0. The average molecular weight is 284 g/mol. The summed E-state index contributed by atoms with van der Waals surface area (Å²) in [6.45, 7) is -0.0819. The number of nitrogens with zero attached hydrogens (tertiary/aromatic N) is 1. The van der Waals surface area contributed by atoms with Gasteiger partial charge < -0.3 is 9.52 Å². The Morgan fingerprint density at radius 1 is 1.20 bits per heavy atom. The predicted molar refractivity (Wildman–Crippen MR) is 77.3 cm³/mol. The first-order valence-electron chi connectivity index (χ1n) is 6.04. The van der Waals surface area contributed by atoms with E-state index >= 15 is 0 Å². The van der Waals surface area contributed by atoms with Crippen molar-refractivity contribution in [2.75, 3.05) is 0 Å². The van der Waals surface area contributed by atoms with Crippen LogP contribution >= 0.6 is 11.6 Å². The molecule has 0 saturated heterocycles. The zero-order chi connectivity index (χ0) is 14.1. The van der Waals surface area contributed by atoms with Crippen LogP contribution in [0.4, 0.5) is 0 Å². The van der Waals surface area contributed by atoms with Crippen molar-refractivity contribution in [3.8, 4) is 17.2 Å². The summed E-state index contributed by atoms with van der Waals surface area (Å²) in [5.74, 6) is 0. The van der Waals surface area contributed by atoms with Crippen molar-refractivity contribution in [1.82, 2.24) is 0 Å². The zero-order valence-electron chi connectivity index (χ0n) is 10.4. The fourth-order valence-corrected chi connectivity index (χ4v) is 2.43. The first-order valence-corrected chi connectivity index (χ1v) is 6.41. The number of hydrogen-bond acceptors (Lipinski definition) is 3. The summed E-state index contributed by atoms with van der Waals surface area (Å²) in [6.07, 6.45) is 1.53.